The van der Waals surface area contributed by atoms with Gasteiger partial charge in [0.05, 0.1) is 18.5 Å². The lowest BCUT2D eigenvalue weighted by Gasteiger charge is -2.15. The van der Waals surface area contributed by atoms with Gasteiger partial charge in [0, 0.05) is 43.9 Å². The summed E-state index contributed by atoms with van der Waals surface area (Å²) in [6.07, 6.45) is 3.64. The summed E-state index contributed by atoms with van der Waals surface area (Å²) < 4.78 is 34.0. The smallest absolute Gasteiger partial charge is 0.246 e. The van der Waals surface area contributed by atoms with E-state index in [4.69, 9.17) is 4.74 Å². The van der Waals surface area contributed by atoms with Crippen LogP contribution < -0.4 is 4.74 Å². The molecule has 0 saturated carbocycles. The Hall–Kier alpha value is -2.78. The third kappa shape index (κ3) is 3.90. The van der Waals surface area contributed by atoms with Gasteiger partial charge in [-0.3, -0.25) is 4.68 Å². The summed E-state index contributed by atoms with van der Waals surface area (Å²) in [6.45, 7) is 1.30. The summed E-state index contributed by atoms with van der Waals surface area (Å²) in [5, 5.41) is 12.3. The lowest BCUT2D eigenvalue weighted by Crippen LogP contribution is -2.29. The number of aryl methyl sites for hydroxylation is 1. The molecule has 1 aliphatic heterocycles. The second-order valence-electron chi connectivity index (χ2n) is 6.80. The Kier molecular flexibility index (Phi) is 5.10. The van der Waals surface area contributed by atoms with Crippen molar-refractivity contribution in [3.63, 3.8) is 0 Å². The van der Waals surface area contributed by atoms with E-state index in [0.717, 1.165) is 17.7 Å². The van der Waals surface area contributed by atoms with E-state index in [-0.39, 0.29) is 10.8 Å². The normalized spacial score (nSPS) is 17.7. The zero-order valence-electron chi connectivity index (χ0n) is 15.5. The molecule has 8 nitrogen and oxygen atoms in total. The largest absolute Gasteiger partial charge is 0.476 e. The predicted molar refractivity (Wildman–Crippen MR) is 103 cm³/mol. The second kappa shape index (κ2) is 7.69. The number of nitrogens with zero attached hydrogens (tertiary/aromatic N) is 5. The lowest BCUT2D eigenvalue weighted by molar-refractivity contribution is 0.244. The van der Waals surface area contributed by atoms with Crippen molar-refractivity contribution in [2.45, 2.75) is 11.3 Å². The van der Waals surface area contributed by atoms with E-state index in [1.165, 1.54) is 21.4 Å². The molecule has 0 bridgehead atoms. The van der Waals surface area contributed by atoms with E-state index in [1.54, 1.807) is 13.1 Å². The SMILES string of the molecule is Cn1cc(S(=O)(=O)N2CCC(COc3ccc(-c4ccccc4)nn3)C2)cn1. The average Bonchev–Trinajstić information content (AvgIpc) is 3.37. The number of hydrogen-bond donors (Lipinski definition) is 0. The lowest BCUT2D eigenvalue weighted by atomic mass is 10.1. The molecule has 1 saturated heterocycles. The van der Waals surface area contributed by atoms with Gasteiger partial charge in [-0.15, -0.1) is 10.2 Å². The number of aromatic nitrogens is 4. The van der Waals surface area contributed by atoms with Gasteiger partial charge >= 0.3 is 0 Å². The number of rotatable bonds is 6. The molecule has 0 N–H and O–H groups in total. The third-order valence-corrected chi connectivity index (χ3v) is 6.56. The number of benzene rings is 1. The first-order valence-electron chi connectivity index (χ1n) is 9.03. The molecule has 3 aromatic rings. The molecule has 28 heavy (non-hydrogen) atoms. The standard InChI is InChI=1S/C19H21N5O3S/c1-23-13-17(11-20-23)28(25,26)24-10-9-15(12-24)14-27-19-8-7-18(21-22-19)16-5-3-2-4-6-16/h2-8,11,13,15H,9-10,12,14H2,1H3. The molecule has 9 heteroatoms. The molecule has 4 rings (SSSR count). The molecule has 0 aliphatic carbocycles. The van der Waals surface area contributed by atoms with Gasteiger partial charge < -0.3 is 4.74 Å². The summed E-state index contributed by atoms with van der Waals surface area (Å²) in [5.41, 5.74) is 1.77. The van der Waals surface area contributed by atoms with Crippen molar-refractivity contribution in [1.82, 2.24) is 24.3 Å². The minimum Gasteiger partial charge on any atom is -0.476 e. The van der Waals surface area contributed by atoms with Crippen LogP contribution in [0.2, 0.25) is 0 Å². The Bertz CT molecular complexity index is 1030. The molecule has 1 aromatic carbocycles. The summed E-state index contributed by atoms with van der Waals surface area (Å²) in [4.78, 5) is 0.221. The van der Waals surface area contributed by atoms with Crippen LogP contribution in [0.4, 0.5) is 0 Å². The highest BCUT2D eigenvalue weighted by molar-refractivity contribution is 7.89. The first-order valence-corrected chi connectivity index (χ1v) is 10.5. The van der Waals surface area contributed by atoms with Gasteiger partial charge in [-0.2, -0.15) is 9.40 Å². The molecule has 0 amide bonds. The van der Waals surface area contributed by atoms with E-state index in [1.807, 2.05) is 36.4 Å². The van der Waals surface area contributed by atoms with Crippen molar-refractivity contribution in [2.24, 2.45) is 13.0 Å². The van der Waals surface area contributed by atoms with Crippen LogP contribution in [0.1, 0.15) is 6.42 Å². The van der Waals surface area contributed by atoms with Crippen LogP contribution in [0, 0.1) is 5.92 Å². The van der Waals surface area contributed by atoms with E-state index < -0.39 is 10.0 Å². The first-order chi connectivity index (χ1) is 13.5. The molecule has 0 spiro atoms. The molecular formula is C19H21N5O3S. The number of hydrogen-bond acceptors (Lipinski definition) is 6. The minimum atomic E-state index is -3.50. The molecule has 1 unspecified atom stereocenters. The molecule has 1 aliphatic rings. The average molecular weight is 399 g/mol. The van der Waals surface area contributed by atoms with Crippen LogP contribution in [0.3, 0.4) is 0 Å². The fourth-order valence-electron chi connectivity index (χ4n) is 3.20. The highest BCUT2D eigenvalue weighted by atomic mass is 32.2. The Morgan fingerprint density at radius 1 is 1.14 bits per heavy atom. The Morgan fingerprint density at radius 3 is 2.64 bits per heavy atom. The van der Waals surface area contributed by atoms with Crippen molar-refractivity contribution in [1.29, 1.82) is 0 Å². The van der Waals surface area contributed by atoms with Crippen LogP contribution in [0.5, 0.6) is 5.88 Å². The van der Waals surface area contributed by atoms with Crippen LogP contribution >= 0.6 is 0 Å². The summed E-state index contributed by atoms with van der Waals surface area (Å²) in [6, 6.07) is 13.5. The highest BCUT2D eigenvalue weighted by Gasteiger charge is 2.33. The topological polar surface area (TPSA) is 90.2 Å². The Labute approximate surface area is 163 Å². The van der Waals surface area contributed by atoms with Gasteiger partial charge in [0.15, 0.2) is 0 Å². The zero-order chi connectivity index (χ0) is 19.6. The van der Waals surface area contributed by atoms with Crippen molar-refractivity contribution in [3.05, 3.63) is 54.9 Å². The highest BCUT2D eigenvalue weighted by Crippen LogP contribution is 2.25. The fraction of sp³-hybridized carbons (Fsp3) is 0.316. The third-order valence-electron chi connectivity index (χ3n) is 4.74. The van der Waals surface area contributed by atoms with Crippen LogP contribution in [0.15, 0.2) is 59.8 Å². The van der Waals surface area contributed by atoms with Gasteiger partial charge in [-0.1, -0.05) is 30.3 Å². The van der Waals surface area contributed by atoms with E-state index in [0.29, 0.717) is 25.6 Å². The summed E-state index contributed by atoms with van der Waals surface area (Å²) in [5.74, 6) is 0.551. The number of sulfonamides is 1. The monoisotopic (exact) mass is 399 g/mol. The van der Waals surface area contributed by atoms with E-state index in [9.17, 15) is 8.42 Å². The second-order valence-corrected chi connectivity index (χ2v) is 8.74. The maximum absolute atomic E-state index is 12.6. The molecule has 3 heterocycles. The van der Waals surface area contributed by atoms with E-state index >= 15 is 0 Å². The van der Waals surface area contributed by atoms with Crippen molar-refractivity contribution < 1.29 is 13.2 Å². The Morgan fingerprint density at radius 2 is 1.96 bits per heavy atom. The number of ether oxygens (including phenoxy) is 1. The van der Waals surface area contributed by atoms with Crippen molar-refractivity contribution >= 4 is 10.0 Å². The van der Waals surface area contributed by atoms with Crippen LogP contribution in [0.25, 0.3) is 11.3 Å². The molecule has 146 valence electrons. The quantitative estimate of drug-likeness (QED) is 0.629. The molecular weight excluding hydrogens is 378 g/mol. The summed E-state index contributed by atoms with van der Waals surface area (Å²) in [7, 11) is -1.81. The zero-order valence-corrected chi connectivity index (χ0v) is 16.3. The van der Waals surface area contributed by atoms with Crippen molar-refractivity contribution in [2.75, 3.05) is 19.7 Å². The van der Waals surface area contributed by atoms with Gasteiger partial charge in [0.1, 0.15) is 4.90 Å². The van der Waals surface area contributed by atoms with Crippen molar-refractivity contribution in [3.8, 4) is 17.1 Å². The van der Waals surface area contributed by atoms with Crippen LogP contribution in [-0.2, 0) is 17.1 Å². The molecule has 1 atom stereocenters. The molecule has 0 radical (unpaired) electrons. The minimum absolute atomic E-state index is 0.113. The van der Waals surface area contributed by atoms with Crippen LogP contribution in [-0.4, -0.2) is 52.4 Å². The molecule has 1 fully saturated rings. The maximum atomic E-state index is 12.6. The molecule has 2 aromatic heterocycles. The predicted octanol–water partition coefficient (Wildman–Crippen LogP) is 1.97. The fourth-order valence-corrected chi connectivity index (χ4v) is 4.71. The Balaban J connectivity index is 1.34. The first kappa shape index (κ1) is 18.6. The maximum Gasteiger partial charge on any atom is 0.246 e. The van der Waals surface area contributed by atoms with Gasteiger partial charge in [-0.05, 0) is 12.5 Å². The van der Waals surface area contributed by atoms with E-state index in [2.05, 4.69) is 15.3 Å². The van der Waals surface area contributed by atoms with Gasteiger partial charge in [0.2, 0.25) is 15.9 Å². The van der Waals surface area contributed by atoms with Gasteiger partial charge in [0.25, 0.3) is 0 Å². The van der Waals surface area contributed by atoms with Gasteiger partial charge in [-0.25, -0.2) is 8.42 Å². The summed E-state index contributed by atoms with van der Waals surface area (Å²) >= 11 is 0.